The van der Waals surface area contributed by atoms with Crippen LogP contribution in [0.1, 0.15) is 73.0 Å². The average Bonchev–Trinajstić information content (AvgIpc) is 3.27. The van der Waals surface area contributed by atoms with Crippen LogP contribution in [0.4, 0.5) is 5.69 Å². The van der Waals surface area contributed by atoms with Crippen LogP contribution in [-0.4, -0.2) is 36.5 Å². The van der Waals surface area contributed by atoms with Crippen LogP contribution in [0.2, 0.25) is 0 Å². The highest BCUT2D eigenvalue weighted by atomic mass is 16.1. The van der Waals surface area contributed by atoms with Crippen LogP contribution >= 0.6 is 0 Å². The molecule has 168 valence electrons. The molecule has 1 saturated carbocycles. The van der Waals surface area contributed by atoms with Crippen LogP contribution in [0.15, 0.2) is 55.1 Å². The third-order valence-electron chi connectivity index (χ3n) is 8.22. The summed E-state index contributed by atoms with van der Waals surface area (Å²) in [6.07, 6.45) is 7.78. The van der Waals surface area contributed by atoms with Gasteiger partial charge in [-0.2, -0.15) is 0 Å². The quantitative estimate of drug-likeness (QED) is 0.692. The number of allylic oxidation sites excluding steroid dienone is 1. The number of hydrogen-bond acceptors (Lipinski definition) is 3. The zero-order chi connectivity index (χ0) is 22.3. The molecule has 1 atom stereocenters. The summed E-state index contributed by atoms with van der Waals surface area (Å²) in [7, 11) is 0. The maximum absolute atomic E-state index is 11.3. The summed E-state index contributed by atoms with van der Waals surface area (Å²) in [6.45, 7) is 9.79. The molecule has 32 heavy (non-hydrogen) atoms. The first-order chi connectivity index (χ1) is 15.5. The van der Waals surface area contributed by atoms with Crippen LogP contribution in [0.3, 0.4) is 0 Å². The molecule has 3 aliphatic rings. The monoisotopic (exact) mass is 429 g/mol. The van der Waals surface area contributed by atoms with Gasteiger partial charge in [-0.15, -0.1) is 0 Å². The van der Waals surface area contributed by atoms with E-state index >= 15 is 0 Å². The Morgan fingerprint density at radius 3 is 2.38 bits per heavy atom. The lowest BCUT2D eigenvalue weighted by atomic mass is 9.59. The molecule has 2 saturated heterocycles. The van der Waals surface area contributed by atoms with E-state index in [9.17, 15) is 4.79 Å². The van der Waals surface area contributed by atoms with Crippen molar-refractivity contribution in [2.75, 3.05) is 24.5 Å². The fraction of sp³-hybridized carbons (Fsp3) is 0.464. The number of hydrogen-bond donors (Lipinski definition) is 1. The van der Waals surface area contributed by atoms with E-state index in [1.54, 1.807) is 0 Å². The number of rotatable bonds is 5. The lowest BCUT2D eigenvalue weighted by Crippen LogP contribution is -2.54. The van der Waals surface area contributed by atoms with E-state index in [2.05, 4.69) is 47.6 Å². The molecule has 0 unspecified atom stereocenters. The number of nitrogens with two attached hydrogens (primary N) is 1. The Morgan fingerprint density at radius 2 is 1.72 bits per heavy atom. The number of carbonyl (C=O) groups is 1. The molecule has 4 nitrogen and oxygen atoms in total. The Hall–Kier alpha value is -2.59. The molecule has 1 aliphatic carbocycles. The number of anilines is 1. The number of piperidine rings is 1. The topological polar surface area (TPSA) is 49.6 Å². The first kappa shape index (κ1) is 21.3. The van der Waals surface area contributed by atoms with E-state index in [-0.39, 0.29) is 5.91 Å². The van der Waals surface area contributed by atoms with Gasteiger partial charge in [0, 0.05) is 36.4 Å². The predicted octanol–water partition coefficient (Wildman–Crippen LogP) is 5.40. The first-order valence-electron chi connectivity index (χ1n) is 12.1. The molecule has 0 bridgehead atoms. The molecule has 2 heterocycles. The Morgan fingerprint density at radius 1 is 1.03 bits per heavy atom. The number of likely N-dealkylation sites (tertiary alicyclic amines) is 1. The zero-order valence-corrected chi connectivity index (χ0v) is 19.2. The van der Waals surface area contributed by atoms with Crippen LogP contribution in [-0.2, 0) is 0 Å². The van der Waals surface area contributed by atoms with E-state index in [4.69, 9.17) is 5.73 Å². The van der Waals surface area contributed by atoms with Gasteiger partial charge in [-0.1, -0.05) is 36.4 Å². The normalized spacial score (nSPS) is 23.3. The van der Waals surface area contributed by atoms with Gasteiger partial charge in [0.1, 0.15) is 0 Å². The molecule has 2 aromatic carbocycles. The summed E-state index contributed by atoms with van der Waals surface area (Å²) in [5.41, 5.74) is 11.7. The number of benzene rings is 2. The van der Waals surface area contributed by atoms with Crippen molar-refractivity contribution in [3.05, 3.63) is 71.8 Å². The fourth-order valence-corrected chi connectivity index (χ4v) is 6.39. The van der Waals surface area contributed by atoms with Crippen molar-refractivity contribution in [1.29, 1.82) is 0 Å². The van der Waals surface area contributed by atoms with Gasteiger partial charge in [0.05, 0.1) is 0 Å². The lowest BCUT2D eigenvalue weighted by Gasteiger charge is -2.56. The third-order valence-corrected chi connectivity index (χ3v) is 8.22. The van der Waals surface area contributed by atoms with Gasteiger partial charge in [-0.05, 0) is 92.8 Å². The van der Waals surface area contributed by atoms with Gasteiger partial charge in [0.15, 0.2) is 0 Å². The summed E-state index contributed by atoms with van der Waals surface area (Å²) < 4.78 is 0. The molecule has 1 amide bonds. The number of primary amides is 1. The Labute approximate surface area is 192 Å². The molecule has 2 N–H and O–H groups in total. The van der Waals surface area contributed by atoms with Crippen LogP contribution in [0, 0.1) is 5.41 Å². The molecule has 4 heteroatoms. The van der Waals surface area contributed by atoms with Gasteiger partial charge in [-0.25, -0.2) is 0 Å². The first-order valence-corrected chi connectivity index (χ1v) is 12.1. The van der Waals surface area contributed by atoms with Gasteiger partial charge in [-0.3, -0.25) is 9.69 Å². The summed E-state index contributed by atoms with van der Waals surface area (Å²) >= 11 is 0. The molecule has 3 fully saturated rings. The van der Waals surface area contributed by atoms with Crippen molar-refractivity contribution in [2.24, 2.45) is 11.1 Å². The third kappa shape index (κ3) is 3.86. The second-order valence-corrected chi connectivity index (χ2v) is 10.2. The van der Waals surface area contributed by atoms with E-state index in [0.717, 1.165) is 19.1 Å². The summed E-state index contributed by atoms with van der Waals surface area (Å²) in [5.74, 6) is -0.360. The summed E-state index contributed by atoms with van der Waals surface area (Å²) in [6, 6.07) is 17.9. The molecule has 1 spiro atoms. The second-order valence-electron chi connectivity index (χ2n) is 10.2. The SMILES string of the molecule is C=C(C)c1ccccc1[C@@H]1CCCN1C1CC2(CCN(c3ccc(C(N)=O)cc3)CC2)C1. The van der Waals surface area contributed by atoms with E-state index < -0.39 is 0 Å². The van der Waals surface area contributed by atoms with Crippen LogP contribution in [0.5, 0.6) is 0 Å². The zero-order valence-electron chi connectivity index (χ0n) is 19.2. The summed E-state index contributed by atoms with van der Waals surface area (Å²) in [5, 5.41) is 0. The molecular formula is C28H35N3O. The van der Waals surface area contributed by atoms with Gasteiger partial charge in [0.2, 0.25) is 5.91 Å². The van der Waals surface area contributed by atoms with Crippen molar-refractivity contribution in [3.63, 3.8) is 0 Å². The van der Waals surface area contributed by atoms with Crippen molar-refractivity contribution in [3.8, 4) is 0 Å². The number of nitrogens with zero attached hydrogens (tertiary/aromatic N) is 2. The van der Waals surface area contributed by atoms with E-state index in [1.807, 2.05) is 24.3 Å². The maximum Gasteiger partial charge on any atom is 0.248 e. The number of carbonyl (C=O) groups excluding carboxylic acids is 1. The van der Waals surface area contributed by atoms with Crippen molar-refractivity contribution >= 4 is 17.2 Å². The molecular weight excluding hydrogens is 394 g/mol. The minimum atomic E-state index is -0.360. The Bertz CT molecular complexity index is 996. The fourth-order valence-electron chi connectivity index (χ4n) is 6.39. The largest absolute Gasteiger partial charge is 0.371 e. The Kier molecular flexibility index (Phi) is 5.58. The molecule has 5 rings (SSSR count). The van der Waals surface area contributed by atoms with Crippen molar-refractivity contribution in [2.45, 2.75) is 57.5 Å². The van der Waals surface area contributed by atoms with Crippen LogP contribution in [0.25, 0.3) is 5.57 Å². The molecule has 0 aromatic heterocycles. The highest BCUT2D eigenvalue weighted by molar-refractivity contribution is 5.93. The minimum Gasteiger partial charge on any atom is -0.371 e. The highest BCUT2D eigenvalue weighted by Gasteiger charge is 2.49. The lowest BCUT2D eigenvalue weighted by molar-refractivity contribution is -0.0226. The van der Waals surface area contributed by atoms with Crippen LogP contribution < -0.4 is 10.6 Å². The smallest absolute Gasteiger partial charge is 0.248 e. The van der Waals surface area contributed by atoms with Gasteiger partial charge >= 0.3 is 0 Å². The molecule has 0 radical (unpaired) electrons. The standard InChI is InChI=1S/C28H35N3O/c1-20(2)24-6-3-4-7-25(24)26-8-5-15-31(26)23-18-28(19-23)13-16-30(17-14-28)22-11-9-21(10-12-22)27(29)32/h3-4,6-7,9-12,23,26H,1,5,8,13-19H2,2H3,(H2,29,32)/t26-/m0/s1. The van der Waals surface area contributed by atoms with Gasteiger partial charge in [0.25, 0.3) is 0 Å². The second kappa shape index (κ2) is 8.40. The minimum absolute atomic E-state index is 0.360. The van der Waals surface area contributed by atoms with Crippen molar-refractivity contribution < 1.29 is 4.79 Å². The van der Waals surface area contributed by atoms with E-state index in [0.29, 0.717) is 17.0 Å². The van der Waals surface area contributed by atoms with Crippen molar-refractivity contribution in [1.82, 2.24) is 4.90 Å². The number of amides is 1. The highest BCUT2D eigenvalue weighted by Crippen LogP contribution is 2.54. The summed E-state index contributed by atoms with van der Waals surface area (Å²) in [4.78, 5) is 16.6. The molecule has 2 aliphatic heterocycles. The Balaban J connectivity index is 1.21. The van der Waals surface area contributed by atoms with Gasteiger partial charge < -0.3 is 10.6 Å². The maximum atomic E-state index is 11.3. The van der Waals surface area contributed by atoms with E-state index in [1.165, 1.54) is 67.5 Å². The average molecular weight is 430 g/mol. The molecule has 2 aromatic rings. The predicted molar refractivity (Wildman–Crippen MR) is 132 cm³/mol.